The lowest BCUT2D eigenvalue weighted by atomic mass is 9.96. The Labute approximate surface area is 250 Å². The van der Waals surface area contributed by atoms with Crippen molar-refractivity contribution in [2.45, 2.75) is 37.6 Å². The molecule has 3 atom stereocenters. The van der Waals surface area contributed by atoms with Crippen LogP contribution in [0, 0.1) is 0 Å². The first kappa shape index (κ1) is 31.4. The van der Waals surface area contributed by atoms with E-state index in [1.165, 1.54) is 24.3 Å². The second-order valence-electron chi connectivity index (χ2n) is 9.71. The van der Waals surface area contributed by atoms with Gasteiger partial charge in [-0.2, -0.15) is 0 Å². The average Bonchev–Trinajstić information content (AvgIpc) is 3.43. The van der Waals surface area contributed by atoms with Crippen LogP contribution in [0.5, 0.6) is 0 Å². The fourth-order valence-corrected chi connectivity index (χ4v) is 4.35. The third kappa shape index (κ3) is 8.27. The van der Waals surface area contributed by atoms with E-state index in [2.05, 4.69) is 9.82 Å². The first-order valence-corrected chi connectivity index (χ1v) is 13.3. The summed E-state index contributed by atoms with van der Waals surface area (Å²) in [6.07, 6.45) is -2.19. The largest absolute Gasteiger partial charge is 0.528 e. The third-order valence-corrected chi connectivity index (χ3v) is 6.54. The minimum Gasteiger partial charge on any atom is -0.481 e. The number of carbonyl (C=O) groups excluding carboxylic acids is 3. The van der Waals surface area contributed by atoms with Crippen molar-refractivity contribution in [3.8, 4) is 0 Å². The van der Waals surface area contributed by atoms with Crippen molar-refractivity contribution < 1.29 is 48.5 Å². The minimum absolute atomic E-state index is 0.0467. The zero-order valence-electron chi connectivity index (χ0n) is 23.2. The number of carboxylic acids is 2. The summed E-state index contributed by atoms with van der Waals surface area (Å²) in [6, 6.07) is 19.3. The zero-order chi connectivity index (χ0) is 31.6. The van der Waals surface area contributed by atoms with E-state index < -0.39 is 54.5 Å². The minimum atomic E-state index is -1.79. The van der Waals surface area contributed by atoms with Crippen LogP contribution >= 0.6 is 0 Å². The van der Waals surface area contributed by atoms with Crippen LogP contribution in [0.25, 0.3) is 10.9 Å². The Bertz CT molecular complexity index is 1650. The molecule has 4 aromatic rings. The number of para-hydroxylation sites is 1. The maximum absolute atomic E-state index is 13.3. The van der Waals surface area contributed by atoms with Gasteiger partial charge in [-0.25, -0.2) is 9.59 Å². The zero-order valence-corrected chi connectivity index (χ0v) is 23.2. The summed E-state index contributed by atoms with van der Waals surface area (Å²) in [5.74, 6) is -4.52. The van der Waals surface area contributed by atoms with Crippen LogP contribution in [0.1, 0.15) is 39.6 Å². The number of Topliss-reactive ketones (excluding diaryl/α,β-unsaturated/α-hetero) is 1. The van der Waals surface area contributed by atoms with Crippen LogP contribution in [0.4, 0.5) is 4.79 Å². The lowest BCUT2D eigenvalue weighted by Crippen LogP contribution is -2.40. The third-order valence-electron chi connectivity index (χ3n) is 6.54. The second-order valence-corrected chi connectivity index (χ2v) is 9.71. The van der Waals surface area contributed by atoms with Gasteiger partial charge in [0, 0.05) is 28.2 Å². The SMILES string of the molecule is N[C@@H](Cc1c[nH]c2ccccc12)C(=O)c1cccc(C(OC(=O)ON[C@@H](CC(=O)O)C(=O)O)C(=O)OCc2ccccc2)c1. The number of hydrogen-bond donors (Lipinski definition) is 5. The van der Waals surface area contributed by atoms with Crippen molar-refractivity contribution in [2.75, 3.05) is 0 Å². The quantitative estimate of drug-likeness (QED) is 0.0799. The van der Waals surface area contributed by atoms with Crippen LogP contribution in [0.2, 0.25) is 0 Å². The predicted octanol–water partition coefficient (Wildman–Crippen LogP) is 3.29. The van der Waals surface area contributed by atoms with Gasteiger partial charge in [-0.1, -0.05) is 66.7 Å². The number of nitrogens with one attached hydrogen (secondary N) is 2. The number of ether oxygens (including phenoxy) is 2. The molecule has 1 unspecified atom stereocenters. The molecule has 0 bridgehead atoms. The highest BCUT2D eigenvalue weighted by molar-refractivity contribution is 6.01. The molecule has 0 spiro atoms. The van der Waals surface area contributed by atoms with Crippen molar-refractivity contribution in [2.24, 2.45) is 5.73 Å². The number of nitrogens with two attached hydrogens (primary N) is 1. The molecule has 6 N–H and O–H groups in total. The summed E-state index contributed by atoms with van der Waals surface area (Å²) < 4.78 is 10.5. The lowest BCUT2D eigenvalue weighted by Gasteiger charge is -2.19. The number of carboxylic acid groups (broad SMARTS) is 2. The van der Waals surface area contributed by atoms with E-state index in [1.54, 1.807) is 42.0 Å². The molecule has 0 aliphatic heterocycles. The number of hydrogen-bond acceptors (Lipinski definition) is 10. The molecule has 0 radical (unpaired) electrons. The molecule has 228 valence electrons. The molecule has 0 saturated heterocycles. The van der Waals surface area contributed by atoms with Gasteiger partial charge in [0.2, 0.25) is 6.10 Å². The summed E-state index contributed by atoms with van der Waals surface area (Å²) in [6.45, 7) is -0.166. The van der Waals surface area contributed by atoms with Crippen molar-refractivity contribution in [1.82, 2.24) is 10.5 Å². The fourth-order valence-electron chi connectivity index (χ4n) is 4.35. The number of ketones is 1. The topological polar surface area (TPSA) is 207 Å². The van der Waals surface area contributed by atoms with Gasteiger partial charge in [-0.3, -0.25) is 14.4 Å². The Morgan fingerprint density at radius 2 is 1.64 bits per heavy atom. The Morgan fingerprint density at radius 1 is 0.909 bits per heavy atom. The highest BCUT2D eigenvalue weighted by Crippen LogP contribution is 2.24. The van der Waals surface area contributed by atoms with E-state index in [9.17, 15) is 24.0 Å². The monoisotopic (exact) mass is 603 g/mol. The Hall–Kier alpha value is -5.53. The van der Waals surface area contributed by atoms with E-state index >= 15 is 0 Å². The van der Waals surface area contributed by atoms with Gasteiger partial charge in [0.15, 0.2) is 11.8 Å². The average molecular weight is 604 g/mol. The predicted molar refractivity (Wildman–Crippen MR) is 154 cm³/mol. The molecule has 13 heteroatoms. The van der Waals surface area contributed by atoms with Crippen LogP contribution < -0.4 is 11.2 Å². The summed E-state index contributed by atoms with van der Waals surface area (Å²) >= 11 is 0. The standard InChI is InChI=1S/C31H29N3O10/c32-23(14-21-16-33-24-12-5-4-11-22(21)24)27(37)19-9-6-10-20(13-19)28(30(40)42-17-18-7-2-1-3-8-18)43-31(41)44-34-25(29(38)39)15-26(35)36/h1-13,16,23,25,28,33-34H,14-15,17,32H2,(H,35,36)(H,38,39)/t23-,25-,28?/m0/s1. The first-order chi connectivity index (χ1) is 21.1. The smallest absolute Gasteiger partial charge is 0.481 e. The summed E-state index contributed by atoms with van der Waals surface area (Å²) in [5.41, 5.74) is 10.7. The molecule has 1 heterocycles. The number of benzene rings is 3. The number of fused-ring (bicyclic) bond motifs is 1. The first-order valence-electron chi connectivity index (χ1n) is 13.3. The maximum Gasteiger partial charge on any atom is 0.528 e. The molecule has 44 heavy (non-hydrogen) atoms. The number of rotatable bonds is 14. The van der Waals surface area contributed by atoms with Crippen LogP contribution in [-0.2, 0) is 41.7 Å². The molecule has 0 fully saturated rings. The molecular formula is C31H29N3O10. The van der Waals surface area contributed by atoms with Crippen molar-refractivity contribution in [3.63, 3.8) is 0 Å². The Balaban J connectivity index is 1.52. The number of carbonyl (C=O) groups is 5. The van der Waals surface area contributed by atoms with Gasteiger partial charge in [0.25, 0.3) is 0 Å². The number of esters is 1. The highest BCUT2D eigenvalue weighted by atomic mass is 16.8. The highest BCUT2D eigenvalue weighted by Gasteiger charge is 2.30. The number of aromatic amines is 1. The number of aliphatic carboxylic acids is 2. The fraction of sp³-hybridized carbons (Fsp3) is 0.194. The summed E-state index contributed by atoms with van der Waals surface area (Å²) in [7, 11) is 0. The van der Waals surface area contributed by atoms with Gasteiger partial charge in [-0.05, 0) is 29.7 Å². The maximum atomic E-state index is 13.3. The molecule has 13 nitrogen and oxygen atoms in total. The van der Waals surface area contributed by atoms with Crippen LogP contribution in [0.15, 0.2) is 85.1 Å². The van der Waals surface area contributed by atoms with E-state index in [0.29, 0.717) is 5.56 Å². The van der Waals surface area contributed by atoms with Crippen molar-refractivity contribution in [3.05, 3.63) is 107 Å². The number of aromatic nitrogens is 1. The second kappa shape index (κ2) is 14.6. The van der Waals surface area contributed by atoms with Gasteiger partial charge in [0.1, 0.15) is 6.61 Å². The molecule has 4 rings (SSSR count). The van der Waals surface area contributed by atoms with E-state index in [0.717, 1.165) is 16.5 Å². The number of hydroxylamine groups is 1. The molecule has 0 aliphatic rings. The lowest BCUT2D eigenvalue weighted by molar-refractivity contribution is -0.159. The van der Waals surface area contributed by atoms with Gasteiger partial charge >= 0.3 is 24.1 Å². The van der Waals surface area contributed by atoms with Gasteiger partial charge in [-0.15, -0.1) is 5.48 Å². The number of H-pyrrole nitrogens is 1. The summed E-state index contributed by atoms with van der Waals surface area (Å²) in [4.78, 5) is 68.8. The van der Waals surface area contributed by atoms with Gasteiger partial charge in [0.05, 0.1) is 12.5 Å². The Kier molecular flexibility index (Phi) is 10.4. The Morgan fingerprint density at radius 3 is 2.36 bits per heavy atom. The van der Waals surface area contributed by atoms with Crippen LogP contribution in [0.3, 0.4) is 0 Å². The molecule has 1 aromatic heterocycles. The molecule has 0 amide bonds. The van der Waals surface area contributed by atoms with E-state index in [4.69, 9.17) is 25.4 Å². The van der Waals surface area contributed by atoms with Gasteiger partial charge < -0.3 is 35.2 Å². The normalized spacial score (nSPS) is 12.9. The van der Waals surface area contributed by atoms with E-state index in [1.807, 2.05) is 24.3 Å². The summed E-state index contributed by atoms with van der Waals surface area (Å²) in [5, 5.41) is 18.9. The molecule has 0 saturated carbocycles. The van der Waals surface area contributed by atoms with Crippen LogP contribution in [-0.4, -0.2) is 57.1 Å². The molecule has 0 aliphatic carbocycles. The van der Waals surface area contributed by atoms with E-state index in [-0.39, 0.29) is 24.2 Å². The van der Waals surface area contributed by atoms with Crippen molar-refractivity contribution >= 4 is 40.7 Å². The molecule has 3 aromatic carbocycles. The molecular weight excluding hydrogens is 574 g/mol. The van der Waals surface area contributed by atoms with Crippen molar-refractivity contribution in [1.29, 1.82) is 0 Å².